The van der Waals surface area contributed by atoms with Gasteiger partial charge in [-0.3, -0.25) is 4.90 Å². The van der Waals surface area contributed by atoms with E-state index >= 15 is 0 Å². The summed E-state index contributed by atoms with van der Waals surface area (Å²) in [6.45, 7) is 5.67. The Hall–Kier alpha value is -0.800. The first-order chi connectivity index (χ1) is 8.77. The first-order valence-electron chi connectivity index (χ1n) is 7.28. The van der Waals surface area contributed by atoms with Crippen molar-refractivity contribution >= 4 is 0 Å². The molecule has 100 valence electrons. The highest BCUT2D eigenvalue weighted by atomic mass is 16.3. The fourth-order valence-corrected chi connectivity index (χ4v) is 3.49. The molecule has 1 aliphatic carbocycles. The van der Waals surface area contributed by atoms with E-state index in [2.05, 4.69) is 23.2 Å². The summed E-state index contributed by atoms with van der Waals surface area (Å²) in [4.78, 5) is 2.62. The summed E-state index contributed by atoms with van der Waals surface area (Å²) in [6.07, 6.45) is 10.5. The molecule has 3 heteroatoms. The Bertz CT molecular complexity index is 368. The molecule has 1 unspecified atom stereocenters. The lowest BCUT2D eigenvalue weighted by molar-refractivity contribution is 0.0572. The zero-order valence-corrected chi connectivity index (χ0v) is 11.3. The minimum Gasteiger partial charge on any atom is -0.472 e. The second-order valence-corrected chi connectivity index (χ2v) is 6.11. The monoisotopic (exact) mass is 248 g/mol. The molecule has 0 radical (unpaired) electrons. The van der Waals surface area contributed by atoms with Gasteiger partial charge in [-0.15, -0.1) is 0 Å². The highest BCUT2D eigenvalue weighted by molar-refractivity contribution is 5.07. The number of hydrogen-bond acceptors (Lipinski definition) is 3. The van der Waals surface area contributed by atoms with Crippen LogP contribution < -0.4 is 5.32 Å². The fraction of sp³-hybridized carbons (Fsp3) is 0.733. The normalized spacial score (nSPS) is 28.6. The maximum Gasteiger partial charge on any atom is 0.0947 e. The third kappa shape index (κ3) is 2.47. The molecule has 2 fully saturated rings. The largest absolute Gasteiger partial charge is 0.472 e. The van der Waals surface area contributed by atoms with E-state index in [9.17, 15) is 0 Å². The van der Waals surface area contributed by atoms with Crippen LogP contribution in [0, 0.1) is 0 Å². The van der Waals surface area contributed by atoms with Gasteiger partial charge in [0, 0.05) is 36.8 Å². The van der Waals surface area contributed by atoms with E-state index in [0.717, 1.165) is 13.1 Å². The Morgan fingerprint density at radius 2 is 2.22 bits per heavy atom. The molecular weight excluding hydrogens is 224 g/mol. The van der Waals surface area contributed by atoms with Gasteiger partial charge in [0.05, 0.1) is 12.5 Å². The zero-order chi connectivity index (χ0) is 12.4. The molecule has 1 aliphatic heterocycles. The molecule has 0 amide bonds. The van der Waals surface area contributed by atoms with E-state index in [1.807, 2.05) is 6.26 Å². The molecule has 3 rings (SSSR count). The average molecular weight is 248 g/mol. The number of rotatable bonds is 2. The smallest absolute Gasteiger partial charge is 0.0947 e. The summed E-state index contributed by atoms with van der Waals surface area (Å²) in [5.41, 5.74) is 1.70. The van der Waals surface area contributed by atoms with Crippen LogP contribution in [0.25, 0.3) is 0 Å². The number of piperazine rings is 1. The van der Waals surface area contributed by atoms with E-state index in [1.165, 1.54) is 44.2 Å². The van der Waals surface area contributed by atoms with Crippen molar-refractivity contribution in [2.75, 3.05) is 13.1 Å². The molecule has 1 atom stereocenters. The van der Waals surface area contributed by atoms with Gasteiger partial charge in [-0.25, -0.2) is 0 Å². The van der Waals surface area contributed by atoms with Crippen molar-refractivity contribution in [2.24, 2.45) is 0 Å². The van der Waals surface area contributed by atoms with Gasteiger partial charge in [-0.1, -0.05) is 19.3 Å². The maximum atomic E-state index is 5.19. The third-order valence-corrected chi connectivity index (χ3v) is 4.68. The van der Waals surface area contributed by atoms with E-state index in [0.29, 0.717) is 11.6 Å². The Morgan fingerprint density at radius 1 is 1.39 bits per heavy atom. The Labute approximate surface area is 110 Å². The van der Waals surface area contributed by atoms with Crippen molar-refractivity contribution in [1.29, 1.82) is 0 Å². The fourth-order valence-electron chi connectivity index (χ4n) is 3.49. The van der Waals surface area contributed by atoms with Crippen molar-refractivity contribution in [1.82, 2.24) is 10.2 Å². The first-order valence-corrected chi connectivity index (χ1v) is 7.28. The number of nitrogens with zero attached hydrogens (tertiary/aromatic N) is 1. The van der Waals surface area contributed by atoms with Gasteiger partial charge >= 0.3 is 0 Å². The van der Waals surface area contributed by atoms with Crippen LogP contribution in [0.15, 0.2) is 23.0 Å². The van der Waals surface area contributed by atoms with Gasteiger partial charge in [0.15, 0.2) is 0 Å². The van der Waals surface area contributed by atoms with E-state index in [4.69, 9.17) is 4.42 Å². The predicted octanol–water partition coefficient (Wildman–Crippen LogP) is 2.78. The SMILES string of the molecule is CC1CNC2(CCCCC2)CN1Cc1ccoc1. The molecular formula is C15H24N2O. The van der Waals surface area contributed by atoms with Crippen LogP contribution >= 0.6 is 0 Å². The van der Waals surface area contributed by atoms with Gasteiger partial charge in [0.1, 0.15) is 0 Å². The summed E-state index contributed by atoms with van der Waals surface area (Å²) in [5, 5.41) is 3.83. The maximum absolute atomic E-state index is 5.19. The third-order valence-electron chi connectivity index (χ3n) is 4.68. The minimum absolute atomic E-state index is 0.397. The van der Waals surface area contributed by atoms with Crippen LogP contribution in [0.3, 0.4) is 0 Å². The molecule has 3 nitrogen and oxygen atoms in total. The van der Waals surface area contributed by atoms with Crippen molar-refractivity contribution in [3.8, 4) is 0 Å². The molecule has 0 bridgehead atoms. The van der Waals surface area contributed by atoms with E-state index in [1.54, 1.807) is 6.26 Å². The quantitative estimate of drug-likeness (QED) is 0.872. The van der Waals surface area contributed by atoms with Crippen molar-refractivity contribution < 1.29 is 4.42 Å². The number of furan rings is 1. The molecule has 1 aromatic rings. The molecule has 1 N–H and O–H groups in total. The minimum atomic E-state index is 0.397. The second kappa shape index (κ2) is 5.06. The van der Waals surface area contributed by atoms with Crippen LogP contribution in [0.2, 0.25) is 0 Å². The summed E-state index contributed by atoms with van der Waals surface area (Å²) in [7, 11) is 0. The lowest BCUT2D eigenvalue weighted by Crippen LogP contribution is -2.63. The molecule has 1 saturated heterocycles. The topological polar surface area (TPSA) is 28.4 Å². The summed E-state index contributed by atoms with van der Waals surface area (Å²) in [5.74, 6) is 0. The van der Waals surface area contributed by atoms with Gasteiger partial charge in [0.25, 0.3) is 0 Å². The molecule has 2 aliphatic rings. The van der Waals surface area contributed by atoms with E-state index in [-0.39, 0.29) is 0 Å². The lowest BCUT2D eigenvalue weighted by Gasteiger charge is -2.49. The molecule has 0 aromatic carbocycles. The summed E-state index contributed by atoms with van der Waals surface area (Å²) >= 11 is 0. The molecule has 18 heavy (non-hydrogen) atoms. The molecule has 2 heterocycles. The first kappa shape index (κ1) is 12.2. The Kier molecular flexibility index (Phi) is 3.44. The number of nitrogens with one attached hydrogen (secondary N) is 1. The van der Waals surface area contributed by atoms with Gasteiger partial charge < -0.3 is 9.73 Å². The van der Waals surface area contributed by atoms with Crippen molar-refractivity contribution in [3.63, 3.8) is 0 Å². The lowest BCUT2D eigenvalue weighted by atomic mass is 9.79. The van der Waals surface area contributed by atoms with Crippen LogP contribution in [0.5, 0.6) is 0 Å². The van der Waals surface area contributed by atoms with Crippen LogP contribution in [0.1, 0.15) is 44.6 Å². The standard InChI is InChI=1S/C15H24N2O/c1-13-9-16-15(6-3-2-4-7-15)12-17(13)10-14-5-8-18-11-14/h5,8,11,13,16H,2-4,6-7,9-10,12H2,1H3. The van der Waals surface area contributed by atoms with Crippen molar-refractivity contribution in [2.45, 2.75) is 57.2 Å². The van der Waals surface area contributed by atoms with Crippen molar-refractivity contribution in [3.05, 3.63) is 24.2 Å². The predicted molar refractivity (Wildman–Crippen MR) is 72.4 cm³/mol. The average Bonchev–Trinajstić information content (AvgIpc) is 2.88. The van der Waals surface area contributed by atoms with Gasteiger partial charge in [-0.2, -0.15) is 0 Å². The van der Waals surface area contributed by atoms with Crippen LogP contribution in [-0.4, -0.2) is 29.6 Å². The summed E-state index contributed by atoms with van der Waals surface area (Å²) in [6, 6.07) is 2.70. The highest BCUT2D eigenvalue weighted by Gasteiger charge is 2.38. The number of hydrogen-bond donors (Lipinski definition) is 1. The highest BCUT2D eigenvalue weighted by Crippen LogP contribution is 2.32. The molecule has 1 aromatic heterocycles. The Morgan fingerprint density at radius 3 is 2.94 bits per heavy atom. The second-order valence-electron chi connectivity index (χ2n) is 6.11. The Balaban J connectivity index is 1.68. The summed E-state index contributed by atoms with van der Waals surface area (Å²) < 4.78 is 5.19. The van der Waals surface area contributed by atoms with Gasteiger partial charge in [-0.05, 0) is 25.8 Å². The van der Waals surface area contributed by atoms with E-state index < -0.39 is 0 Å². The molecule has 1 spiro atoms. The van der Waals surface area contributed by atoms with Crippen LogP contribution in [0.4, 0.5) is 0 Å². The van der Waals surface area contributed by atoms with Gasteiger partial charge in [0.2, 0.25) is 0 Å². The zero-order valence-electron chi connectivity index (χ0n) is 11.3. The van der Waals surface area contributed by atoms with Crippen LogP contribution in [-0.2, 0) is 6.54 Å². The molecule has 1 saturated carbocycles.